The van der Waals surface area contributed by atoms with Crippen LogP contribution in [0.4, 0.5) is 5.69 Å². The largest absolute Gasteiger partial charge is 0.507 e. The number of rotatable bonds is 7. The maximum absolute atomic E-state index is 13.3. The molecule has 1 aliphatic heterocycles. The van der Waals surface area contributed by atoms with Gasteiger partial charge in [0, 0.05) is 17.4 Å². The molecule has 1 unspecified atom stereocenters. The van der Waals surface area contributed by atoms with Crippen LogP contribution in [0.1, 0.15) is 54.0 Å². The average Bonchev–Trinajstić information content (AvgIpc) is 3.15. The second kappa shape index (κ2) is 10.7. The lowest BCUT2D eigenvalue weighted by atomic mass is 9.97. The number of aliphatic hydroxyl groups is 1. The Hall–Kier alpha value is -4.46. The van der Waals surface area contributed by atoms with Gasteiger partial charge in [0.1, 0.15) is 17.6 Å². The first-order valence-corrected chi connectivity index (χ1v) is 12.0. The predicted molar refractivity (Wildman–Crippen MR) is 138 cm³/mol. The predicted octanol–water partition coefficient (Wildman–Crippen LogP) is 4.98. The molecule has 1 N–H and O–H groups in total. The molecule has 0 spiro atoms. The number of ether oxygens (including phenoxy) is 2. The van der Waals surface area contributed by atoms with E-state index in [0.29, 0.717) is 34.9 Å². The molecule has 0 radical (unpaired) electrons. The van der Waals surface area contributed by atoms with Crippen molar-refractivity contribution < 1.29 is 29.0 Å². The van der Waals surface area contributed by atoms with Crippen molar-refractivity contribution in [1.29, 1.82) is 0 Å². The van der Waals surface area contributed by atoms with Gasteiger partial charge < -0.3 is 14.6 Å². The maximum atomic E-state index is 13.3. The molecular formula is C29H28N2O6. The standard InChI is InChI=1S/C29H28N2O6/c1-5-36-23-14-11-20(16-18(23)4)26(32)24-25(22-8-6-7-15-30-22)31(28(34)27(24)33)21-12-9-19(10-13-21)29(35)37-17(2)3/h6-17,25,32H,5H2,1-4H3/b26-24-. The fourth-order valence-corrected chi connectivity index (χ4v) is 4.23. The van der Waals surface area contributed by atoms with Crippen molar-refractivity contribution in [3.05, 3.63) is 94.8 Å². The number of Topliss-reactive ketones (excluding diaryl/α,β-unsaturated/α-hetero) is 1. The van der Waals surface area contributed by atoms with E-state index in [1.54, 1.807) is 68.6 Å². The molecule has 8 heteroatoms. The number of amides is 1. The van der Waals surface area contributed by atoms with Crippen LogP contribution in [0, 0.1) is 6.92 Å². The number of carbonyl (C=O) groups excluding carboxylic acids is 3. The number of pyridine rings is 1. The summed E-state index contributed by atoms with van der Waals surface area (Å²) in [5, 5.41) is 11.3. The van der Waals surface area contributed by atoms with Crippen LogP contribution in [0.25, 0.3) is 5.76 Å². The number of anilines is 1. The van der Waals surface area contributed by atoms with E-state index in [1.165, 1.54) is 17.0 Å². The van der Waals surface area contributed by atoms with Crippen LogP contribution in [-0.2, 0) is 14.3 Å². The summed E-state index contributed by atoms with van der Waals surface area (Å²) in [6, 6.07) is 15.5. The van der Waals surface area contributed by atoms with Gasteiger partial charge in [-0.2, -0.15) is 0 Å². The highest BCUT2D eigenvalue weighted by molar-refractivity contribution is 6.51. The van der Waals surface area contributed by atoms with Gasteiger partial charge in [0.15, 0.2) is 0 Å². The second-order valence-electron chi connectivity index (χ2n) is 8.84. The summed E-state index contributed by atoms with van der Waals surface area (Å²) in [5.74, 6) is -1.77. The highest BCUT2D eigenvalue weighted by atomic mass is 16.5. The minimum atomic E-state index is -0.971. The maximum Gasteiger partial charge on any atom is 0.338 e. The first-order chi connectivity index (χ1) is 17.7. The van der Waals surface area contributed by atoms with E-state index in [1.807, 2.05) is 13.8 Å². The number of aromatic nitrogens is 1. The van der Waals surface area contributed by atoms with E-state index in [0.717, 1.165) is 5.56 Å². The summed E-state index contributed by atoms with van der Waals surface area (Å²) < 4.78 is 10.8. The SMILES string of the molecule is CCOc1ccc(/C(O)=C2/C(=O)C(=O)N(c3ccc(C(=O)OC(C)C)cc3)C2c2ccccn2)cc1C. The summed E-state index contributed by atoms with van der Waals surface area (Å²) in [7, 11) is 0. The summed E-state index contributed by atoms with van der Waals surface area (Å²) in [5.41, 5.74) is 2.18. The minimum absolute atomic E-state index is 0.0736. The number of esters is 1. The molecule has 2 heterocycles. The Morgan fingerprint density at radius 2 is 1.76 bits per heavy atom. The third-order valence-corrected chi connectivity index (χ3v) is 5.88. The molecular weight excluding hydrogens is 472 g/mol. The highest BCUT2D eigenvalue weighted by Gasteiger charge is 2.47. The quantitative estimate of drug-likeness (QED) is 0.211. The van der Waals surface area contributed by atoms with E-state index in [-0.39, 0.29) is 17.4 Å². The lowest BCUT2D eigenvalue weighted by Crippen LogP contribution is -2.29. The molecule has 1 aromatic heterocycles. The molecule has 0 bridgehead atoms. The highest BCUT2D eigenvalue weighted by Crippen LogP contribution is 2.41. The molecule has 0 saturated carbocycles. The summed E-state index contributed by atoms with van der Waals surface area (Å²) in [6.45, 7) is 7.71. The van der Waals surface area contributed by atoms with Crippen molar-refractivity contribution in [3.63, 3.8) is 0 Å². The molecule has 1 fully saturated rings. The number of hydrogen-bond acceptors (Lipinski definition) is 7. The zero-order chi connectivity index (χ0) is 26.7. The summed E-state index contributed by atoms with van der Waals surface area (Å²) in [6.07, 6.45) is 1.28. The van der Waals surface area contributed by atoms with Crippen molar-refractivity contribution in [2.45, 2.75) is 39.8 Å². The van der Waals surface area contributed by atoms with E-state index in [2.05, 4.69) is 4.98 Å². The Balaban J connectivity index is 1.81. The van der Waals surface area contributed by atoms with Gasteiger partial charge in [0.25, 0.3) is 11.7 Å². The fraction of sp³-hybridized carbons (Fsp3) is 0.241. The number of hydrogen-bond donors (Lipinski definition) is 1. The van der Waals surface area contributed by atoms with E-state index in [4.69, 9.17) is 9.47 Å². The van der Waals surface area contributed by atoms with Gasteiger partial charge in [0.2, 0.25) is 0 Å². The number of ketones is 1. The van der Waals surface area contributed by atoms with Crippen LogP contribution in [0.5, 0.6) is 5.75 Å². The fourth-order valence-electron chi connectivity index (χ4n) is 4.23. The van der Waals surface area contributed by atoms with Crippen molar-refractivity contribution in [3.8, 4) is 5.75 Å². The van der Waals surface area contributed by atoms with Crippen LogP contribution in [0.3, 0.4) is 0 Å². The zero-order valence-electron chi connectivity index (χ0n) is 21.1. The van der Waals surface area contributed by atoms with E-state index >= 15 is 0 Å². The van der Waals surface area contributed by atoms with Gasteiger partial charge in [-0.25, -0.2) is 4.79 Å². The number of aliphatic hydroxyl groups excluding tert-OH is 1. The third kappa shape index (κ3) is 5.09. The number of carbonyl (C=O) groups is 3. The third-order valence-electron chi connectivity index (χ3n) is 5.88. The van der Waals surface area contributed by atoms with Crippen LogP contribution in [-0.4, -0.2) is 40.5 Å². The molecule has 3 aromatic rings. The lowest BCUT2D eigenvalue weighted by molar-refractivity contribution is -0.132. The molecule has 190 valence electrons. The monoisotopic (exact) mass is 500 g/mol. The van der Waals surface area contributed by atoms with Crippen molar-refractivity contribution >= 4 is 29.1 Å². The summed E-state index contributed by atoms with van der Waals surface area (Å²) >= 11 is 0. The van der Waals surface area contributed by atoms with Crippen LogP contribution in [0.15, 0.2) is 72.4 Å². The first kappa shape index (κ1) is 25.6. The Bertz CT molecular complexity index is 1360. The van der Waals surface area contributed by atoms with E-state index < -0.39 is 23.7 Å². The average molecular weight is 501 g/mol. The minimum Gasteiger partial charge on any atom is -0.507 e. The molecule has 1 saturated heterocycles. The molecule has 1 aliphatic rings. The molecule has 4 rings (SSSR count). The molecule has 1 amide bonds. The Labute approximate surface area is 215 Å². The van der Waals surface area contributed by atoms with Gasteiger partial charge in [0.05, 0.1) is 29.5 Å². The Morgan fingerprint density at radius 1 is 1.05 bits per heavy atom. The zero-order valence-corrected chi connectivity index (χ0v) is 21.1. The lowest BCUT2D eigenvalue weighted by Gasteiger charge is -2.24. The summed E-state index contributed by atoms with van der Waals surface area (Å²) in [4.78, 5) is 44.5. The van der Waals surface area contributed by atoms with Gasteiger partial charge in [-0.05, 0) is 87.9 Å². The van der Waals surface area contributed by atoms with Gasteiger partial charge in [-0.15, -0.1) is 0 Å². The number of aryl methyl sites for hydroxylation is 1. The van der Waals surface area contributed by atoms with Gasteiger partial charge >= 0.3 is 5.97 Å². The molecule has 37 heavy (non-hydrogen) atoms. The van der Waals surface area contributed by atoms with E-state index in [9.17, 15) is 19.5 Å². The number of benzene rings is 2. The van der Waals surface area contributed by atoms with Crippen LogP contribution < -0.4 is 9.64 Å². The normalized spacial score (nSPS) is 16.8. The number of nitrogens with zero attached hydrogens (tertiary/aromatic N) is 2. The van der Waals surface area contributed by atoms with Gasteiger partial charge in [-0.1, -0.05) is 6.07 Å². The van der Waals surface area contributed by atoms with Crippen LogP contribution >= 0.6 is 0 Å². The Morgan fingerprint density at radius 3 is 2.35 bits per heavy atom. The van der Waals surface area contributed by atoms with Gasteiger partial charge in [-0.3, -0.25) is 19.5 Å². The van der Waals surface area contributed by atoms with Crippen molar-refractivity contribution in [1.82, 2.24) is 4.98 Å². The van der Waals surface area contributed by atoms with Crippen LogP contribution in [0.2, 0.25) is 0 Å². The first-order valence-electron chi connectivity index (χ1n) is 12.0. The molecule has 1 atom stereocenters. The molecule has 8 nitrogen and oxygen atoms in total. The van der Waals surface area contributed by atoms with Crippen molar-refractivity contribution in [2.24, 2.45) is 0 Å². The second-order valence-corrected chi connectivity index (χ2v) is 8.84. The topological polar surface area (TPSA) is 106 Å². The molecule has 0 aliphatic carbocycles. The smallest absolute Gasteiger partial charge is 0.338 e. The Kier molecular flexibility index (Phi) is 7.38. The van der Waals surface area contributed by atoms with Crippen molar-refractivity contribution in [2.75, 3.05) is 11.5 Å². The molecule has 2 aromatic carbocycles.